The van der Waals surface area contributed by atoms with Crippen LogP contribution in [0.5, 0.6) is 0 Å². The smallest absolute Gasteiger partial charge is 0.0642 e. The predicted molar refractivity (Wildman–Crippen MR) is 86.5 cm³/mol. The van der Waals surface area contributed by atoms with Gasteiger partial charge in [0, 0.05) is 6.54 Å². The molecule has 2 atom stereocenters. The average Bonchev–Trinajstić information content (AvgIpc) is 2.34. The van der Waals surface area contributed by atoms with Crippen molar-refractivity contribution in [1.29, 1.82) is 0 Å². The van der Waals surface area contributed by atoms with Gasteiger partial charge in [-0.2, -0.15) is 0 Å². The Kier molecular flexibility index (Phi) is 5.34. The number of benzene rings is 1. The zero-order valence-corrected chi connectivity index (χ0v) is 13.5. The number of nitrogens with one attached hydrogen (secondary N) is 1. The van der Waals surface area contributed by atoms with Crippen molar-refractivity contribution in [2.24, 2.45) is 11.3 Å². The topological polar surface area (TPSA) is 21.3 Å². The summed E-state index contributed by atoms with van der Waals surface area (Å²) in [4.78, 5) is 0. The monoisotopic (exact) mass is 295 g/mol. The van der Waals surface area contributed by atoms with Crippen LogP contribution in [0.15, 0.2) is 24.3 Å². The second kappa shape index (κ2) is 6.82. The van der Waals surface area contributed by atoms with E-state index in [1.165, 1.54) is 19.3 Å². The van der Waals surface area contributed by atoms with Crippen LogP contribution in [0.25, 0.3) is 0 Å². The van der Waals surface area contributed by atoms with E-state index in [9.17, 15) is 0 Å². The summed E-state index contributed by atoms with van der Waals surface area (Å²) in [6.45, 7) is 8.56. The van der Waals surface area contributed by atoms with E-state index in [4.69, 9.17) is 16.3 Å². The maximum absolute atomic E-state index is 6.11. The molecule has 1 N–H and O–H groups in total. The second-order valence-corrected chi connectivity index (χ2v) is 7.22. The molecule has 3 heteroatoms. The van der Waals surface area contributed by atoms with Gasteiger partial charge in [-0.3, -0.25) is 0 Å². The quantitative estimate of drug-likeness (QED) is 0.773. The lowest BCUT2D eigenvalue weighted by Crippen LogP contribution is -2.33. The minimum absolute atomic E-state index is 0.404. The third kappa shape index (κ3) is 4.68. The summed E-state index contributed by atoms with van der Waals surface area (Å²) in [5.74, 6) is 0.764. The van der Waals surface area contributed by atoms with E-state index in [0.717, 1.165) is 29.8 Å². The zero-order chi connectivity index (χ0) is 14.6. The fourth-order valence-electron chi connectivity index (χ4n) is 3.40. The van der Waals surface area contributed by atoms with Crippen LogP contribution in [0.3, 0.4) is 0 Å². The van der Waals surface area contributed by atoms with Gasteiger partial charge in [0.05, 0.1) is 23.4 Å². The summed E-state index contributed by atoms with van der Waals surface area (Å²) in [5, 5.41) is 4.09. The van der Waals surface area contributed by atoms with E-state index in [2.05, 4.69) is 26.1 Å². The van der Waals surface area contributed by atoms with Crippen LogP contribution < -0.4 is 5.32 Å². The summed E-state index contributed by atoms with van der Waals surface area (Å²) < 4.78 is 6.04. The molecule has 1 aliphatic carbocycles. The predicted octanol–water partition coefficient (Wildman–Crippen LogP) is 4.98. The number of hydrogen-bond donors (Lipinski definition) is 1. The molecule has 2 nitrogen and oxygen atoms in total. The average molecular weight is 296 g/mol. The normalized spacial score (nSPS) is 25.4. The van der Waals surface area contributed by atoms with E-state index in [-0.39, 0.29) is 0 Å². The third-order valence-corrected chi connectivity index (χ3v) is 4.32. The van der Waals surface area contributed by atoms with Crippen molar-refractivity contribution >= 4 is 17.3 Å². The van der Waals surface area contributed by atoms with E-state index >= 15 is 0 Å². The molecule has 1 aliphatic rings. The first kappa shape index (κ1) is 15.7. The lowest BCUT2D eigenvalue weighted by Gasteiger charge is -2.38. The molecule has 0 amide bonds. The van der Waals surface area contributed by atoms with E-state index < -0.39 is 0 Å². The Bertz CT molecular complexity index is 433. The van der Waals surface area contributed by atoms with E-state index in [0.29, 0.717) is 11.5 Å². The Labute approximate surface area is 127 Å². The largest absolute Gasteiger partial charge is 0.382 e. The SMILES string of the molecule is CC1CC(OCCNc2ccccc2Cl)CC(C)(C)C1. The van der Waals surface area contributed by atoms with Gasteiger partial charge in [-0.15, -0.1) is 0 Å². The highest BCUT2D eigenvalue weighted by Crippen LogP contribution is 2.39. The van der Waals surface area contributed by atoms with Gasteiger partial charge in [0.15, 0.2) is 0 Å². The maximum Gasteiger partial charge on any atom is 0.0642 e. The first-order valence-electron chi connectivity index (χ1n) is 7.56. The van der Waals surface area contributed by atoms with Crippen LogP contribution in [0, 0.1) is 11.3 Å². The highest BCUT2D eigenvalue weighted by Gasteiger charge is 2.32. The molecule has 1 aromatic rings. The molecule has 0 spiro atoms. The van der Waals surface area contributed by atoms with Gasteiger partial charge < -0.3 is 10.1 Å². The molecule has 1 fully saturated rings. The number of para-hydroxylation sites is 1. The van der Waals surface area contributed by atoms with Crippen molar-refractivity contribution in [3.63, 3.8) is 0 Å². The molecule has 1 aromatic carbocycles. The van der Waals surface area contributed by atoms with Gasteiger partial charge in [-0.25, -0.2) is 0 Å². The molecule has 1 saturated carbocycles. The number of rotatable bonds is 5. The summed E-state index contributed by atoms with van der Waals surface area (Å²) in [7, 11) is 0. The molecule has 20 heavy (non-hydrogen) atoms. The van der Waals surface area contributed by atoms with Gasteiger partial charge in [0.25, 0.3) is 0 Å². The van der Waals surface area contributed by atoms with Crippen molar-refractivity contribution in [3.8, 4) is 0 Å². The molecule has 0 aromatic heterocycles. The summed E-state index contributed by atoms with van der Waals surface area (Å²) in [6, 6.07) is 7.82. The number of halogens is 1. The van der Waals surface area contributed by atoms with Gasteiger partial charge in [0.2, 0.25) is 0 Å². The van der Waals surface area contributed by atoms with Crippen LogP contribution in [-0.4, -0.2) is 19.3 Å². The Morgan fingerprint density at radius 3 is 2.75 bits per heavy atom. The van der Waals surface area contributed by atoms with Gasteiger partial charge in [-0.1, -0.05) is 44.5 Å². The molecule has 2 unspecified atom stereocenters. The Hall–Kier alpha value is -0.730. The van der Waals surface area contributed by atoms with E-state index in [1.54, 1.807) is 0 Å². The molecule has 0 aliphatic heterocycles. The molecule has 0 saturated heterocycles. The minimum Gasteiger partial charge on any atom is -0.382 e. The minimum atomic E-state index is 0.404. The Balaban J connectivity index is 1.72. The lowest BCUT2D eigenvalue weighted by atomic mass is 9.71. The molecule has 112 valence electrons. The van der Waals surface area contributed by atoms with Crippen LogP contribution in [0.4, 0.5) is 5.69 Å². The Morgan fingerprint density at radius 2 is 2.05 bits per heavy atom. The highest BCUT2D eigenvalue weighted by atomic mass is 35.5. The molecule has 0 bridgehead atoms. The molecular weight excluding hydrogens is 270 g/mol. The van der Waals surface area contributed by atoms with Crippen molar-refractivity contribution in [3.05, 3.63) is 29.3 Å². The van der Waals surface area contributed by atoms with Gasteiger partial charge in [-0.05, 0) is 42.7 Å². The van der Waals surface area contributed by atoms with Crippen molar-refractivity contribution in [2.45, 2.75) is 46.1 Å². The molecular formula is C17H26ClNO. The standard InChI is InChI=1S/C17H26ClNO/c1-13-10-14(12-17(2,3)11-13)20-9-8-19-16-7-5-4-6-15(16)18/h4-7,13-14,19H,8-12H2,1-3H3. The van der Waals surface area contributed by atoms with Gasteiger partial charge in [0.1, 0.15) is 0 Å². The van der Waals surface area contributed by atoms with Crippen LogP contribution >= 0.6 is 11.6 Å². The van der Waals surface area contributed by atoms with Gasteiger partial charge >= 0.3 is 0 Å². The molecule has 0 radical (unpaired) electrons. The highest BCUT2D eigenvalue weighted by molar-refractivity contribution is 6.33. The van der Waals surface area contributed by atoms with Crippen LogP contribution in [0.2, 0.25) is 5.02 Å². The van der Waals surface area contributed by atoms with Crippen molar-refractivity contribution < 1.29 is 4.74 Å². The lowest BCUT2D eigenvalue weighted by molar-refractivity contribution is -0.0185. The summed E-state index contributed by atoms with van der Waals surface area (Å²) in [6.07, 6.45) is 4.07. The fraction of sp³-hybridized carbons (Fsp3) is 0.647. The summed E-state index contributed by atoms with van der Waals surface area (Å²) >= 11 is 6.11. The second-order valence-electron chi connectivity index (χ2n) is 6.81. The molecule has 2 rings (SSSR count). The molecule has 0 heterocycles. The maximum atomic E-state index is 6.11. The number of hydrogen-bond acceptors (Lipinski definition) is 2. The number of anilines is 1. The van der Waals surface area contributed by atoms with Crippen molar-refractivity contribution in [1.82, 2.24) is 0 Å². The third-order valence-electron chi connectivity index (χ3n) is 3.99. The zero-order valence-electron chi connectivity index (χ0n) is 12.8. The Morgan fingerprint density at radius 1 is 1.30 bits per heavy atom. The van der Waals surface area contributed by atoms with Crippen LogP contribution in [-0.2, 0) is 4.74 Å². The van der Waals surface area contributed by atoms with E-state index in [1.807, 2.05) is 24.3 Å². The first-order valence-corrected chi connectivity index (χ1v) is 7.94. The first-order chi connectivity index (χ1) is 9.46. The number of ether oxygens (including phenoxy) is 1. The van der Waals surface area contributed by atoms with Crippen molar-refractivity contribution in [2.75, 3.05) is 18.5 Å². The van der Waals surface area contributed by atoms with Crippen LogP contribution in [0.1, 0.15) is 40.0 Å². The fourth-order valence-corrected chi connectivity index (χ4v) is 3.60. The summed E-state index contributed by atoms with van der Waals surface area (Å²) in [5.41, 5.74) is 1.40.